The quantitative estimate of drug-likeness (QED) is 0.854. The van der Waals surface area contributed by atoms with Crippen LogP contribution in [-0.4, -0.2) is 48.4 Å². The summed E-state index contributed by atoms with van der Waals surface area (Å²) in [7, 11) is 0. The van der Waals surface area contributed by atoms with E-state index < -0.39 is 0 Å². The molecule has 3 rings (SSSR count). The number of nitrogens with zero attached hydrogens (tertiary/aromatic N) is 5. The van der Waals surface area contributed by atoms with Crippen LogP contribution in [0.5, 0.6) is 0 Å². The number of carbonyl (C=O) groups is 1. The van der Waals surface area contributed by atoms with E-state index in [0.29, 0.717) is 18.2 Å². The van der Waals surface area contributed by atoms with Gasteiger partial charge in [-0.05, 0) is 38.2 Å². The van der Waals surface area contributed by atoms with E-state index in [-0.39, 0.29) is 11.6 Å². The second kappa shape index (κ2) is 7.67. The number of piperidine rings is 1. The molecule has 2 aromatic rings. The van der Waals surface area contributed by atoms with E-state index in [4.69, 9.17) is 0 Å². The van der Waals surface area contributed by atoms with Gasteiger partial charge in [-0.25, -0.2) is 9.89 Å². The smallest absolute Gasteiger partial charge is 0.337 e. The molecule has 1 saturated heterocycles. The first-order valence-electron chi connectivity index (χ1n) is 9.09. The maximum absolute atomic E-state index is 12.7. The van der Waals surface area contributed by atoms with Gasteiger partial charge in [-0.1, -0.05) is 6.92 Å². The second-order valence-corrected chi connectivity index (χ2v) is 6.57. The number of hydrogen-bond donors (Lipinski definition) is 1. The van der Waals surface area contributed by atoms with Gasteiger partial charge in [-0.15, -0.1) is 0 Å². The first-order valence-corrected chi connectivity index (χ1v) is 9.09. The molecule has 1 aliphatic heterocycles. The lowest BCUT2D eigenvalue weighted by Crippen LogP contribution is -2.40. The van der Waals surface area contributed by atoms with Crippen molar-refractivity contribution in [2.75, 3.05) is 13.1 Å². The van der Waals surface area contributed by atoms with Crippen molar-refractivity contribution < 1.29 is 4.79 Å². The first kappa shape index (κ1) is 17.4. The molecule has 1 amide bonds. The first-order chi connectivity index (χ1) is 12.1. The molecule has 1 aliphatic rings. The number of likely N-dealkylation sites (tertiary alicyclic amines) is 1. The zero-order chi connectivity index (χ0) is 17.8. The number of nitrogens with one attached hydrogen (secondary N) is 1. The van der Waals surface area contributed by atoms with Crippen LogP contribution in [0.4, 0.5) is 0 Å². The highest BCUT2D eigenvalue weighted by Gasteiger charge is 2.26. The molecule has 8 nitrogen and oxygen atoms in total. The molecule has 25 heavy (non-hydrogen) atoms. The maximum Gasteiger partial charge on any atom is 0.343 e. The summed E-state index contributed by atoms with van der Waals surface area (Å²) in [5.41, 5.74) is 0.529. The SMILES string of the molecule is CCCn1nccc1C(=O)N1CCC(Cc2n[nH]c(=O)n2CC)CC1. The number of aromatic nitrogens is 5. The summed E-state index contributed by atoms with van der Waals surface area (Å²) >= 11 is 0. The molecule has 0 bridgehead atoms. The Labute approximate surface area is 146 Å². The van der Waals surface area contributed by atoms with E-state index in [1.807, 2.05) is 11.8 Å². The summed E-state index contributed by atoms with van der Waals surface area (Å²) in [6, 6.07) is 1.80. The zero-order valence-electron chi connectivity index (χ0n) is 14.9. The predicted octanol–water partition coefficient (Wildman–Crippen LogP) is 1.29. The van der Waals surface area contributed by atoms with Gasteiger partial charge in [0.1, 0.15) is 11.5 Å². The van der Waals surface area contributed by atoms with E-state index in [1.54, 1.807) is 21.5 Å². The van der Waals surface area contributed by atoms with Crippen LogP contribution in [0.25, 0.3) is 0 Å². The van der Waals surface area contributed by atoms with Gasteiger partial charge in [-0.2, -0.15) is 10.2 Å². The van der Waals surface area contributed by atoms with Crippen LogP contribution in [0, 0.1) is 5.92 Å². The number of amides is 1. The van der Waals surface area contributed by atoms with Gasteiger partial charge >= 0.3 is 5.69 Å². The number of aryl methyl sites for hydroxylation is 1. The monoisotopic (exact) mass is 346 g/mol. The third-order valence-electron chi connectivity index (χ3n) is 4.90. The Hall–Kier alpha value is -2.38. The van der Waals surface area contributed by atoms with Gasteiger partial charge in [-0.3, -0.25) is 14.0 Å². The van der Waals surface area contributed by atoms with Crippen LogP contribution in [0.1, 0.15) is 49.4 Å². The van der Waals surface area contributed by atoms with Crippen LogP contribution in [-0.2, 0) is 19.5 Å². The summed E-state index contributed by atoms with van der Waals surface area (Å²) < 4.78 is 3.47. The largest absolute Gasteiger partial charge is 0.343 e. The van der Waals surface area contributed by atoms with Crippen molar-refractivity contribution in [1.82, 2.24) is 29.4 Å². The summed E-state index contributed by atoms with van der Waals surface area (Å²) in [6.07, 6.45) is 5.28. The lowest BCUT2D eigenvalue weighted by atomic mass is 9.93. The van der Waals surface area contributed by atoms with Crippen molar-refractivity contribution in [3.63, 3.8) is 0 Å². The van der Waals surface area contributed by atoms with Gasteiger partial charge < -0.3 is 4.90 Å². The molecular formula is C17H26N6O2. The molecule has 8 heteroatoms. The number of H-pyrrole nitrogens is 1. The van der Waals surface area contributed by atoms with E-state index >= 15 is 0 Å². The van der Waals surface area contributed by atoms with Crippen LogP contribution in [0.2, 0.25) is 0 Å². The highest BCUT2D eigenvalue weighted by molar-refractivity contribution is 5.92. The Morgan fingerprint density at radius 1 is 1.32 bits per heavy atom. The average Bonchev–Trinajstić information content (AvgIpc) is 3.22. The van der Waals surface area contributed by atoms with E-state index in [9.17, 15) is 9.59 Å². The zero-order valence-corrected chi connectivity index (χ0v) is 14.9. The van der Waals surface area contributed by atoms with E-state index in [1.165, 1.54) is 0 Å². The van der Waals surface area contributed by atoms with Gasteiger partial charge in [0.05, 0.1) is 0 Å². The fourth-order valence-electron chi connectivity index (χ4n) is 3.50. The Balaban J connectivity index is 1.59. The minimum atomic E-state index is -0.144. The topological polar surface area (TPSA) is 88.8 Å². The number of carbonyl (C=O) groups excluding carboxylic acids is 1. The molecule has 1 N–H and O–H groups in total. The highest BCUT2D eigenvalue weighted by atomic mass is 16.2. The standard InChI is InChI=1S/C17H26N6O2/c1-3-9-23-14(5-8-18-23)16(24)21-10-6-13(7-11-21)12-15-19-20-17(25)22(15)4-2/h5,8,13H,3-4,6-7,9-12H2,1-2H3,(H,20,25). The van der Waals surface area contributed by atoms with Crippen molar-refractivity contribution in [2.24, 2.45) is 5.92 Å². The van der Waals surface area contributed by atoms with Crippen LogP contribution in [0.3, 0.4) is 0 Å². The minimum absolute atomic E-state index is 0.0645. The highest BCUT2D eigenvalue weighted by Crippen LogP contribution is 2.22. The summed E-state index contributed by atoms with van der Waals surface area (Å²) in [5, 5.41) is 10.9. The Morgan fingerprint density at radius 2 is 2.08 bits per heavy atom. The molecule has 0 aromatic carbocycles. The average molecular weight is 346 g/mol. The second-order valence-electron chi connectivity index (χ2n) is 6.57. The van der Waals surface area contributed by atoms with Gasteiger partial charge in [0.2, 0.25) is 0 Å². The van der Waals surface area contributed by atoms with E-state index in [0.717, 1.165) is 51.1 Å². The summed E-state index contributed by atoms with van der Waals surface area (Å²) in [6.45, 7) is 6.89. The number of hydrogen-bond acceptors (Lipinski definition) is 4. The maximum atomic E-state index is 12.7. The molecule has 1 fully saturated rings. The molecule has 3 heterocycles. The summed E-state index contributed by atoms with van der Waals surface area (Å²) in [5.74, 6) is 1.33. The fourth-order valence-corrected chi connectivity index (χ4v) is 3.50. The van der Waals surface area contributed by atoms with Crippen molar-refractivity contribution in [1.29, 1.82) is 0 Å². The van der Waals surface area contributed by atoms with E-state index in [2.05, 4.69) is 22.2 Å². The Kier molecular flexibility index (Phi) is 5.35. The Bertz CT molecular complexity index is 766. The van der Waals surface area contributed by atoms with Crippen LogP contribution >= 0.6 is 0 Å². The lowest BCUT2D eigenvalue weighted by Gasteiger charge is -2.32. The number of rotatable bonds is 6. The van der Waals surface area contributed by atoms with Crippen molar-refractivity contribution in [3.05, 3.63) is 34.3 Å². The molecule has 0 spiro atoms. The summed E-state index contributed by atoms with van der Waals surface area (Å²) in [4.78, 5) is 26.3. The minimum Gasteiger partial charge on any atom is -0.337 e. The third-order valence-corrected chi connectivity index (χ3v) is 4.90. The Morgan fingerprint density at radius 3 is 2.76 bits per heavy atom. The molecule has 0 atom stereocenters. The fraction of sp³-hybridized carbons (Fsp3) is 0.647. The van der Waals surface area contributed by atoms with Crippen molar-refractivity contribution >= 4 is 5.91 Å². The number of aromatic amines is 1. The van der Waals surface area contributed by atoms with Crippen LogP contribution in [0.15, 0.2) is 17.1 Å². The third kappa shape index (κ3) is 3.67. The molecule has 0 unspecified atom stereocenters. The molecule has 2 aromatic heterocycles. The molecular weight excluding hydrogens is 320 g/mol. The molecule has 136 valence electrons. The van der Waals surface area contributed by atoms with Crippen molar-refractivity contribution in [2.45, 2.75) is 52.6 Å². The molecule has 0 radical (unpaired) electrons. The predicted molar refractivity (Wildman–Crippen MR) is 93.4 cm³/mol. The molecule has 0 saturated carbocycles. The van der Waals surface area contributed by atoms with Crippen molar-refractivity contribution in [3.8, 4) is 0 Å². The van der Waals surface area contributed by atoms with Gasteiger partial charge in [0.15, 0.2) is 0 Å². The van der Waals surface area contributed by atoms with Crippen LogP contribution < -0.4 is 5.69 Å². The van der Waals surface area contributed by atoms with Gasteiger partial charge in [0.25, 0.3) is 5.91 Å². The normalized spacial score (nSPS) is 15.7. The van der Waals surface area contributed by atoms with Gasteiger partial charge in [0, 0.05) is 38.8 Å². The molecule has 0 aliphatic carbocycles. The lowest BCUT2D eigenvalue weighted by molar-refractivity contribution is 0.0676.